The average molecular weight is 560 g/mol. The highest BCUT2D eigenvalue weighted by Gasteiger charge is 2.33. The highest BCUT2D eigenvalue weighted by atomic mass is 16.5. The Morgan fingerprint density at radius 2 is 1.49 bits per heavy atom. The molecule has 2 aromatic heterocycles. The lowest BCUT2D eigenvalue weighted by Crippen LogP contribution is -2.16. The Morgan fingerprint density at radius 1 is 0.780 bits per heavy atom. The van der Waals surface area contributed by atoms with Crippen molar-refractivity contribution in [3.8, 4) is 62.6 Å². The van der Waals surface area contributed by atoms with E-state index < -0.39 is 5.63 Å². The molecule has 0 spiro atoms. The van der Waals surface area contributed by atoms with Gasteiger partial charge in [-0.1, -0.05) is 6.07 Å². The third-order valence-electron chi connectivity index (χ3n) is 7.66. The number of hydrogen-bond donors (Lipinski definition) is 1. The number of benzene rings is 3. The molecule has 212 valence electrons. The molecular weight excluding hydrogens is 530 g/mol. The summed E-state index contributed by atoms with van der Waals surface area (Å²) in [4.78, 5) is 13.6. The first-order valence-corrected chi connectivity index (χ1v) is 12.8. The van der Waals surface area contributed by atoms with E-state index in [1.807, 2.05) is 28.8 Å². The van der Waals surface area contributed by atoms with Gasteiger partial charge in [-0.05, 0) is 36.2 Å². The topological polar surface area (TPSA) is 111 Å². The summed E-state index contributed by atoms with van der Waals surface area (Å²) in [7, 11) is 9.36. The van der Waals surface area contributed by atoms with E-state index in [1.54, 1.807) is 41.6 Å². The third kappa shape index (κ3) is 3.74. The van der Waals surface area contributed by atoms with Crippen LogP contribution in [0.15, 0.2) is 45.6 Å². The van der Waals surface area contributed by atoms with E-state index in [0.29, 0.717) is 58.0 Å². The molecule has 0 amide bonds. The molecule has 3 aromatic carbocycles. The lowest BCUT2D eigenvalue weighted by atomic mass is 9.91. The Hall–Kier alpha value is -4.99. The van der Waals surface area contributed by atoms with E-state index in [1.165, 1.54) is 13.2 Å². The van der Waals surface area contributed by atoms with Gasteiger partial charge in [0.1, 0.15) is 11.1 Å². The van der Waals surface area contributed by atoms with Crippen molar-refractivity contribution < 1.29 is 37.9 Å². The number of methoxy groups -OCH3 is 6. The van der Waals surface area contributed by atoms with E-state index in [2.05, 4.69) is 0 Å². The van der Waals surface area contributed by atoms with Crippen LogP contribution in [0.4, 0.5) is 0 Å². The number of phenols is 1. The standard InChI is InChI=1S/C31H29NO9/c1-35-20-8-7-15(11-23(20)37-3)25-26-18-13-22(36-2)19(33)14-21(18)41-31(34)28(26)32-10-9-16-17(27(25)32)12-24(38-4)30(40-6)29(16)39-5/h7-8,11-14,33H,9-10H2,1-6H3. The van der Waals surface area contributed by atoms with Gasteiger partial charge in [0.15, 0.2) is 34.5 Å². The highest BCUT2D eigenvalue weighted by molar-refractivity contribution is 6.17. The number of ether oxygens (including phenoxy) is 6. The van der Waals surface area contributed by atoms with Gasteiger partial charge in [-0.25, -0.2) is 4.79 Å². The summed E-state index contributed by atoms with van der Waals surface area (Å²) < 4.78 is 41.5. The molecule has 3 heterocycles. The summed E-state index contributed by atoms with van der Waals surface area (Å²) in [6.07, 6.45) is 0.567. The van der Waals surface area contributed by atoms with Crippen LogP contribution in [0.25, 0.3) is 44.3 Å². The van der Waals surface area contributed by atoms with Crippen molar-refractivity contribution >= 4 is 21.9 Å². The minimum absolute atomic E-state index is 0.133. The van der Waals surface area contributed by atoms with Gasteiger partial charge in [-0.2, -0.15) is 0 Å². The lowest BCUT2D eigenvalue weighted by molar-refractivity contribution is 0.321. The van der Waals surface area contributed by atoms with E-state index in [0.717, 1.165) is 27.9 Å². The molecule has 1 N–H and O–H groups in total. The smallest absolute Gasteiger partial charge is 0.361 e. The lowest BCUT2D eigenvalue weighted by Gasteiger charge is -2.25. The van der Waals surface area contributed by atoms with Crippen molar-refractivity contribution in [3.63, 3.8) is 0 Å². The fourth-order valence-corrected chi connectivity index (χ4v) is 5.91. The summed E-state index contributed by atoms with van der Waals surface area (Å²) in [6, 6.07) is 10.6. The molecule has 0 aliphatic carbocycles. The largest absolute Gasteiger partial charge is 0.504 e. The monoisotopic (exact) mass is 559 g/mol. The second-order valence-electron chi connectivity index (χ2n) is 9.50. The van der Waals surface area contributed by atoms with Gasteiger partial charge in [0.05, 0.1) is 48.4 Å². The number of nitrogens with zero attached hydrogens (tertiary/aromatic N) is 1. The van der Waals surface area contributed by atoms with Crippen LogP contribution in [-0.2, 0) is 13.0 Å². The first kappa shape index (κ1) is 26.2. The molecule has 1 aliphatic rings. The number of fused-ring (bicyclic) bond motifs is 7. The number of rotatable bonds is 7. The Morgan fingerprint density at radius 3 is 2.15 bits per heavy atom. The van der Waals surface area contributed by atoms with Crippen molar-refractivity contribution in [2.45, 2.75) is 13.0 Å². The molecule has 6 rings (SSSR count). The highest BCUT2D eigenvalue weighted by Crippen LogP contribution is 2.53. The summed E-state index contributed by atoms with van der Waals surface area (Å²) in [6.45, 7) is 0.476. The molecule has 10 heteroatoms. The number of phenolic OH excluding ortho intramolecular Hbond substituents is 1. The van der Waals surface area contributed by atoms with Crippen molar-refractivity contribution in [3.05, 3.63) is 52.4 Å². The van der Waals surface area contributed by atoms with E-state index in [-0.39, 0.29) is 17.1 Å². The van der Waals surface area contributed by atoms with Crippen LogP contribution >= 0.6 is 0 Å². The molecule has 1 aliphatic heterocycles. The van der Waals surface area contributed by atoms with Crippen LogP contribution in [0.1, 0.15) is 5.56 Å². The van der Waals surface area contributed by atoms with Gasteiger partial charge < -0.3 is 42.5 Å². The summed E-state index contributed by atoms with van der Waals surface area (Å²) >= 11 is 0. The summed E-state index contributed by atoms with van der Waals surface area (Å²) in [5, 5.41) is 11.7. The Kier molecular flexibility index (Phi) is 6.33. The molecule has 41 heavy (non-hydrogen) atoms. The van der Waals surface area contributed by atoms with E-state index >= 15 is 0 Å². The van der Waals surface area contributed by atoms with Crippen molar-refractivity contribution in [1.29, 1.82) is 0 Å². The molecule has 0 radical (unpaired) electrons. The zero-order valence-corrected chi connectivity index (χ0v) is 23.5. The van der Waals surface area contributed by atoms with Crippen LogP contribution in [0.3, 0.4) is 0 Å². The van der Waals surface area contributed by atoms with E-state index in [9.17, 15) is 9.90 Å². The molecule has 0 saturated heterocycles. The second kappa shape index (κ2) is 9.88. The Labute approximate surface area is 235 Å². The van der Waals surface area contributed by atoms with Crippen LogP contribution in [-0.4, -0.2) is 52.3 Å². The maximum Gasteiger partial charge on any atom is 0.361 e. The third-order valence-corrected chi connectivity index (χ3v) is 7.66. The molecule has 0 fully saturated rings. The quantitative estimate of drug-likeness (QED) is 0.262. The summed E-state index contributed by atoms with van der Waals surface area (Å²) in [5.74, 6) is 2.77. The molecule has 0 unspecified atom stereocenters. The van der Waals surface area contributed by atoms with Gasteiger partial charge in [0.2, 0.25) is 5.75 Å². The SMILES string of the molecule is COc1cc2c(cc1O)oc(=O)c1c2c(-c2ccc(OC)c(OC)c2)c2n1CCc1c-2cc(OC)c(OC)c1OC. The van der Waals surface area contributed by atoms with Crippen molar-refractivity contribution in [2.75, 3.05) is 42.7 Å². The van der Waals surface area contributed by atoms with Gasteiger partial charge in [-0.3, -0.25) is 0 Å². The molecule has 0 atom stereocenters. The number of aryl methyl sites for hydroxylation is 1. The molecule has 0 bridgehead atoms. The minimum Gasteiger partial charge on any atom is -0.504 e. The predicted molar refractivity (Wildman–Crippen MR) is 154 cm³/mol. The van der Waals surface area contributed by atoms with Gasteiger partial charge in [-0.15, -0.1) is 0 Å². The fourth-order valence-electron chi connectivity index (χ4n) is 5.91. The van der Waals surface area contributed by atoms with Crippen LogP contribution in [0.2, 0.25) is 0 Å². The average Bonchev–Trinajstić information content (AvgIpc) is 3.35. The second-order valence-corrected chi connectivity index (χ2v) is 9.50. The number of aromatic hydroxyl groups is 1. The fraction of sp³-hybridized carbons (Fsp3) is 0.258. The van der Waals surface area contributed by atoms with Crippen LogP contribution in [0, 0.1) is 0 Å². The van der Waals surface area contributed by atoms with Crippen molar-refractivity contribution in [1.82, 2.24) is 4.57 Å². The maximum atomic E-state index is 13.6. The van der Waals surface area contributed by atoms with E-state index in [4.69, 9.17) is 32.8 Å². The molecule has 0 saturated carbocycles. The minimum atomic E-state index is -0.527. The zero-order valence-electron chi connectivity index (χ0n) is 23.5. The molecule has 10 nitrogen and oxygen atoms in total. The molecular formula is C31H29NO9. The first-order chi connectivity index (χ1) is 19.9. The Bertz CT molecular complexity index is 1900. The van der Waals surface area contributed by atoms with Crippen LogP contribution in [0.5, 0.6) is 40.2 Å². The number of hydrogen-bond acceptors (Lipinski definition) is 9. The number of aromatic nitrogens is 1. The summed E-state index contributed by atoms with van der Waals surface area (Å²) in [5.41, 5.74) is 4.17. The zero-order chi connectivity index (χ0) is 29.0. The normalized spacial score (nSPS) is 12.1. The van der Waals surface area contributed by atoms with Gasteiger partial charge >= 0.3 is 5.63 Å². The Balaban J connectivity index is 1.85. The van der Waals surface area contributed by atoms with Gasteiger partial charge in [0, 0.05) is 40.1 Å². The van der Waals surface area contributed by atoms with Gasteiger partial charge in [0.25, 0.3) is 0 Å². The van der Waals surface area contributed by atoms with Crippen molar-refractivity contribution in [2.24, 2.45) is 0 Å². The van der Waals surface area contributed by atoms with Crippen LogP contribution < -0.4 is 34.0 Å². The predicted octanol–water partition coefficient (Wildman–Crippen LogP) is 5.40. The molecule has 5 aromatic rings. The first-order valence-electron chi connectivity index (χ1n) is 12.8. The maximum absolute atomic E-state index is 13.6.